The van der Waals surface area contributed by atoms with E-state index in [9.17, 15) is 5.11 Å². The van der Waals surface area contributed by atoms with Crippen molar-refractivity contribution in [2.24, 2.45) is 0 Å². The maximum Gasteiger partial charge on any atom is 0.256 e. The van der Waals surface area contributed by atoms with Gasteiger partial charge in [-0.3, -0.25) is 0 Å². The smallest absolute Gasteiger partial charge is 0.256 e. The van der Waals surface area contributed by atoms with E-state index in [4.69, 9.17) is 11.6 Å². The number of rotatable bonds is 2. The standard InChI is InChI=1S/C11H13ClN6O/c12-9-14-10(17-5-1-3-8(19)7-17)16-11(15-9)18-6-2-4-13-18/h2,4,6,8,19H,1,3,5,7H2. The van der Waals surface area contributed by atoms with Crippen molar-refractivity contribution in [3.8, 4) is 5.95 Å². The van der Waals surface area contributed by atoms with Gasteiger partial charge in [0.25, 0.3) is 5.95 Å². The Balaban J connectivity index is 1.93. The largest absolute Gasteiger partial charge is 0.391 e. The van der Waals surface area contributed by atoms with Crippen molar-refractivity contribution in [3.05, 3.63) is 23.7 Å². The number of anilines is 1. The van der Waals surface area contributed by atoms with E-state index < -0.39 is 0 Å². The van der Waals surface area contributed by atoms with Gasteiger partial charge in [-0.1, -0.05) is 0 Å². The summed E-state index contributed by atoms with van der Waals surface area (Å²) in [6.07, 6.45) is 4.74. The first-order chi connectivity index (χ1) is 9.22. The molecule has 0 amide bonds. The maximum absolute atomic E-state index is 9.70. The van der Waals surface area contributed by atoms with E-state index in [2.05, 4.69) is 20.1 Å². The molecule has 19 heavy (non-hydrogen) atoms. The molecule has 7 nitrogen and oxygen atoms in total. The molecule has 8 heteroatoms. The van der Waals surface area contributed by atoms with Gasteiger partial charge in [0.05, 0.1) is 6.10 Å². The van der Waals surface area contributed by atoms with E-state index in [0.29, 0.717) is 18.4 Å². The number of nitrogens with zero attached hydrogens (tertiary/aromatic N) is 6. The summed E-state index contributed by atoms with van der Waals surface area (Å²) >= 11 is 5.93. The van der Waals surface area contributed by atoms with Crippen molar-refractivity contribution in [2.75, 3.05) is 18.0 Å². The summed E-state index contributed by atoms with van der Waals surface area (Å²) in [4.78, 5) is 14.4. The number of β-amino-alcohol motifs (C(OH)–C–C–N with tert-alkyl or cyclic N) is 1. The van der Waals surface area contributed by atoms with Crippen LogP contribution in [0.25, 0.3) is 5.95 Å². The van der Waals surface area contributed by atoms with E-state index in [1.807, 2.05) is 4.90 Å². The third-order valence-electron chi connectivity index (χ3n) is 2.97. The van der Waals surface area contributed by atoms with Crippen LogP contribution >= 0.6 is 11.6 Å². The first-order valence-electron chi connectivity index (χ1n) is 6.07. The van der Waals surface area contributed by atoms with E-state index in [0.717, 1.165) is 19.4 Å². The number of aliphatic hydroxyl groups excluding tert-OH is 1. The van der Waals surface area contributed by atoms with Crippen molar-refractivity contribution in [3.63, 3.8) is 0 Å². The minimum Gasteiger partial charge on any atom is -0.391 e. The second-order valence-electron chi connectivity index (χ2n) is 4.40. The van der Waals surface area contributed by atoms with E-state index in [-0.39, 0.29) is 11.4 Å². The zero-order valence-electron chi connectivity index (χ0n) is 10.1. The molecule has 0 aliphatic carbocycles. The average molecular weight is 281 g/mol. The molecular formula is C11H13ClN6O. The first-order valence-corrected chi connectivity index (χ1v) is 6.45. The highest BCUT2D eigenvalue weighted by molar-refractivity contribution is 6.28. The number of piperidine rings is 1. The highest BCUT2D eigenvalue weighted by atomic mass is 35.5. The molecule has 100 valence electrons. The predicted octanol–water partition coefficient (Wildman–Crippen LogP) is 0.672. The van der Waals surface area contributed by atoms with Gasteiger partial charge in [-0.2, -0.15) is 20.1 Å². The summed E-state index contributed by atoms with van der Waals surface area (Å²) in [7, 11) is 0. The van der Waals surface area contributed by atoms with Crippen LogP contribution in [0.4, 0.5) is 5.95 Å². The van der Waals surface area contributed by atoms with Gasteiger partial charge in [0.1, 0.15) is 0 Å². The zero-order valence-corrected chi connectivity index (χ0v) is 10.9. The maximum atomic E-state index is 9.70. The monoisotopic (exact) mass is 280 g/mol. The molecule has 3 rings (SSSR count). The van der Waals surface area contributed by atoms with Crippen molar-refractivity contribution in [2.45, 2.75) is 18.9 Å². The normalized spacial score (nSPS) is 19.7. The number of aliphatic hydroxyl groups is 1. The lowest BCUT2D eigenvalue weighted by Crippen LogP contribution is -2.39. The molecule has 1 unspecified atom stereocenters. The molecule has 1 atom stereocenters. The molecular weight excluding hydrogens is 268 g/mol. The average Bonchev–Trinajstić information content (AvgIpc) is 2.92. The van der Waals surface area contributed by atoms with Gasteiger partial charge in [0.2, 0.25) is 11.2 Å². The Labute approximate surface area is 114 Å². The summed E-state index contributed by atoms with van der Waals surface area (Å²) in [6.45, 7) is 1.31. The number of hydrogen-bond donors (Lipinski definition) is 1. The van der Waals surface area contributed by atoms with Crippen LogP contribution in [0.15, 0.2) is 18.5 Å². The second-order valence-corrected chi connectivity index (χ2v) is 4.74. The van der Waals surface area contributed by atoms with Crippen LogP contribution in [0, 0.1) is 0 Å². The molecule has 0 radical (unpaired) electrons. The molecule has 1 aliphatic rings. The van der Waals surface area contributed by atoms with Crippen molar-refractivity contribution < 1.29 is 5.11 Å². The second kappa shape index (κ2) is 5.10. The lowest BCUT2D eigenvalue weighted by Gasteiger charge is -2.30. The Morgan fingerprint density at radius 2 is 2.11 bits per heavy atom. The number of aromatic nitrogens is 5. The fourth-order valence-electron chi connectivity index (χ4n) is 2.10. The molecule has 0 bridgehead atoms. The van der Waals surface area contributed by atoms with Crippen LogP contribution in [0.3, 0.4) is 0 Å². The van der Waals surface area contributed by atoms with Crippen LogP contribution in [-0.2, 0) is 0 Å². The minimum atomic E-state index is -0.350. The molecule has 0 saturated carbocycles. The van der Waals surface area contributed by atoms with Gasteiger partial charge in [-0.15, -0.1) is 0 Å². The van der Waals surface area contributed by atoms with Gasteiger partial charge in [-0.05, 0) is 30.5 Å². The van der Waals surface area contributed by atoms with Gasteiger partial charge in [0.15, 0.2) is 0 Å². The van der Waals surface area contributed by atoms with Crippen molar-refractivity contribution in [1.29, 1.82) is 0 Å². The van der Waals surface area contributed by atoms with Gasteiger partial charge < -0.3 is 10.0 Å². The third kappa shape index (κ3) is 2.66. The molecule has 3 heterocycles. The summed E-state index contributed by atoms with van der Waals surface area (Å²) in [6, 6.07) is 1.78. The van der Waals surface area contributed by atoms with Crippen LogP contribution in [0.1, 0.15) is 12.8 Å². The van der Waals surface area contributed by atoms with Crippen molar-refractivity contribution in [1.82, 2.24) is 24.7 Å². The minimum absolute atomic E-state index is 0.121. The molecule has 2 aromatic heterocycles. The Bertz CT molecular complexity index is 560. The molecule has 0 spiro atoms. The Kier molecular flexibility index (Phi) is 3.31. The molecule has 1 N–H and O–H groups in total. The van der Waals surface area contributed by atoms with E-state index in [1.165, 1.54) is 4.68 Å². The molecule has 1 saturated heterocycles. The molecule has 2 aromatic rings. The Hall–Kier alpha value is -1.73. The quantitative estimate of drug-likeness (QED) is 0.871. The molecule has 0 aromatic carbocycles. The van der Waals surface area contributed by atoms with E-state index in [1.54, 1.807) is 18.5 Å². The SMILES string of the molecule is OC1CCCN(c2nc(Cl)nc(-n3cccn3)n2)C1. The third-order valence-corrected chi connectivity index (χ3v) is 3.14. The number of halogens is 1. The lowest BCUT2D eigenvalue weighted by molar-refractivity contribution is 0.153. The highest BCUT2D eigenvalue weighted by Gasteiger charge is 2.21. The summed E-state index contributed by atoms with van der Waals surface area (Å²) in [5.41, 5.74) is 0. The summed E-state index contributed by atoms with van der Waals surface area (Å²) in [5, 5.41) is 13.9. The lowest BCUT2D eigenvalue weighted by atomic mass is 10.1. The van der Waals surface area contributed by atoms with Crippen LogP contribution < -0.4 is 4.90 Å². The van der Waals surface area contributed by atoms with Crippen LogP contribution in [0.5, 0.6) is 0 Å². The fourth-order valence-corrected chi connectivity index (χ4v) is 2.25. The number of hydrogen-bond acceptors (Lipinski definition) is 6. The predicted molar refractivity (Wildman–Crippen MR) is 69.4 cm³/mol. The Morgan fingerprint density at radius 3 is 2.84 bits per heavy atom. The topological polar surface area (TPSA) is 80.0 Å². The summed E-state index contributed by atoms with van der Waals surface area (Å²) in [5.74, 6) is 0.851. The van der Waals surface area contributed by atoms with Gasteiger partial charge >= 0.3 is 0 Å². The summed E-state index contributed by atoms with van der Waals surface area (Å²) < 4.78 is 1.53. The van der Waals surface area contributed by atoms with Crippen LogP contribution in [-0.4, -0.2) is 49.0 Å². The van der Waals surface area contributed by atoms with Crippen LogP contribution in [0.2, 0.25) is 5.28 Å². The van der Waals surface area contributed by atoms with Crippen molar-refractivity contribution >= 4 is 17.5 Å². The molecule has 1 fully saturated rings. The first kappa shape index (κ1) is 12.3. The van der Waals surface area contributed by atoms with Gasteiger partial charge in [-0.25, -0.2) is 4.68 Å². The highest BCUT2D eigenvalue weighted by Crippen LogP contribution is 2.18. The fraction of sp³-hybridized carbons (Fsp3) is 0.455. The van der Waals surface area contributed by atoms with E-state index >= 15 is 0 Å². The van der Waals surface area contributed by atoms with Gasteiger partial charge in [0, 0.05) is 25.5 Å². The Morgan fingerprint density at radius 1 is 1.26 bits per heavy atom. The zero-order chi connectivity index (χ0) is 13.2. The molecule has 1 aliphatic heterocycles.